The van der Waals surface area contributed by atoms with Crippen molar-refractivity contribution in [3.63, 3.8) is 0 Å². The molecular weight excluding hydrogens is 340 g/mol. The summed E-state index contributed by atoms with van der Waals surface area (Å²) in [7, 11) is 0. The Bertz CT molecular complexity index is 1040. The van der Waals surface area contributed by atoms with Crippen LogP contribution in [0, 0.1) is 18.3 Å². The van der Waals surface area contributed by atoms with Gasteiger partial charge in [-0.05, 0) is 37.3 Å². The standard InChI is InChI=1S/C21H16N4O2/c1-14-6-8-18(9-7-14)24-20(26)16-10-17(13-23-12-16)21(27)25-19-5-3-2-4-15(19)11-22/h2-10,12-13H,1H3,(H,24,26)(H,25,27). The number of rotatable bonds is 4. The van der Waals surface area contributed by atoms with Gasteiger partial charge in [-0.2, -0.15) is 5.26 Å². The SMILES string of the molecule is Cc1ccc(NC(=O)c2cncc(C(=O)Nc3ccccc3C#N)c2)cc1. The predicted molar refractivity (Wildman–Crippen MR) is 102 cm³/mol. The first-order valence-electron chi connectivity index (χ1n) is 8.20. The van der Waals surface area contributed by atoms with Gasteiger partial charge in [-0.3, -0.25) is 14.6 Å². The van der Waals surface area contributed by atoms with E-state index in [9.17, 15) is 9.59 Å². The van der Waals surface area contributed by atoms with Crippen molar-refractivity contribution in [2.24, 2.45) is 0 Å². The Hall–Kier alpha value is -3.98. The quantitative estimate of drug-likeness (QED) is 0.744. The molecule has 0 fully saturated rings. The first-order valence-corrected chi connectivity index (χ1v) is 8.20. The molecule has 2 amide bonds. The van der Waals surface area contributed by atoms with Crippen LogP contribution < -0.4 is 10.6 Å². The third-order valence-corrected chi connectivity index (χ3v) is 3.87. The van der Waals surface area contributed by atoms with Gasteiger partial charge in [0.25, 0.3) is 11.8 Å². The van der Waals surface area contributed by atoms with Crippen molar-refractivity contribution in [2.45, 2.75) is 6.92 Å². The molecule has 0 radical (unpaired) electrons. The van der Waals surface area contributed by atoms with Crippen molar-refractivity contribution < 1.29 is 9.59 Å². The van der Waals surface area contributed by atoms with Gasteiger partial charge in [0.1, 0.15) is 6.07 Å². The zero-order chi connectivity index (χ0) is 19.2. The van der Waals surface area contributed by atoms with Crippen LogP contribution in [0.25, 0.3) is 0 Å². The molecular formula is C21H16N4O2. The van der Waals surface area contributed by atoms with Gasteiger partial charge in [-0.25, -0.2) is 0 Å². The second-order valence-corrected chi connectivity index (χ2v) is 5.89. The normalized spacial score (nSPS) is 9.93. The number of pyridine rings is 1. The van der Waals surface area contributed by atoms with Crippen LogP contribution in [0.15, 0.2) is 67.0 Å². The summed E-state index contributed by atoms with van der Waals surface area (Å²) in [6.45, 7) is 1.96. The number of nitrogens with zero attached hydrogens (tertiary/aromatic N) is 2. The van der Waals surface area contributed by atoms with E-state index in [1.807, 2.05) is 25.1 Å². The Morgan fingerprint density at radius 3 is 2.22 bits per heavy atom. The fourth-order valence-electron chi connectivity index (χ4n) is 2.41. The Morgan fingerprint density at radius 2 is 1.56 bits per heavy atom. The number of aromatic nitrogens is 1. The lowest BCUT2D eigenvalue weighted by Gasteiger charge is -2.08. The minimum Gasteiger partial charge on any atom is -0.322 e. The first-order chi connectivity index (χ1) is 13.1. The maximum atomic E-state index is 12.5. The molecule has 0 saturated carbocycles. The molecule has 132 valence electrons. The molecule has 2 N–H and O–H groups in total. The number of benzene rings is 2. The van der Waals surface area contributed by atoms with Crippen LogP contribution in [-0.2, 0) is 0 Å². The van der Waals surface area contributed by atoms with E-state index in [1.165, 1.54) is 18.5 Å². The minimum absolute atomic E-state index is 0.222. The Morgan fingerprint density at radius 1 is 0.926 bits per heavy atom. The van der Waals surface area contributed by atoms with Crippen molar-refractivity contribution in [3.8, 4) is 6.07 Å². The summed E-state index contributed by atoms with van der Waals surface area (Å²) in [6.07, 6.45) is 2.76. The first kappa shape index (κ1) is 17.8. The molecule has 1 heterocycles. The van der Waals surface area contributed by atoms with Gasteiger partial charge in [-0.15, -0.1) is 0 Å². The Balaban J connectivity index is 1.76. The number of aryl methyl sites for hydroxylation is 1. The van der Waals surface area contributed by atoms with Crippen LogP contribution >= 0.6 is 0 Å². The lowest BCUT2D eigenvalue weighted by molar-refractivity contribution is 0.102. The molecule has 0 bridgehead atoms. The summed E-state index contributed by atoms with van der Waals surface area (Å²) in [5.74, 6) is -0.811. The smallest absolute Gasteiger partial charge is 0.257 e. The highest BCUT2D eigenvalue weighted by Gasteiger charge is 2.13. The summed E-state index contributed by atoms with van der Waals surface area (Å²) in [5.41, 5.74) is 2.98. The maximum Gasteiger partial charge on any atom is 0.257 e. The average Bonchev–Trinajstić information content (AvgIpc) is 2.70. The van der Waals surface area contributed by atoms with E-state index in [0.717, 1.165) is 5.56 Å². The maximum absolute atomic E-state index is 12.5. The van der Waals surface area contributed by atoms with Crippen LogP contribution in [0.1, 0.15) is 31.8 Å². The van der Waals surface area contributed by atoms with Gasteiger partial charge in [0.2, 0.25) is 0 Å². The second kappa shape index (κ2) is 7.93. The van der Waals surface area contributed by atoms with Crippen LogP contribution in [0.2, 0.25) is 0 Å². The predicted octanol–water partition coefficient (Wildman–Crippen LogP) is 3.77. The summed E-state index contributed by atoms with van der Waals surface area (Å²) in [5, 5.41) is 14.5. The molecule has 0 aliphatic carbocycles. The number of amides is 2. The third kappa shape index (κ3) is 4.35. The molecule has 0 unspecified atom stereocenters. The lowest BCUT2D eigenvalue weighted by Crippen LogP contribution is -2.16. The molecule has 1 aromatic heterocycles. The summed E-state index contributed by atoms with van der Waals surface area (Å²) < 4.78 is 0. The van der Waals surface area contributed by atoms with Gasteiger partial charge < -0.3 is 10.6 Å². The topological polar surface area (TPSA) is 94.9 Å². The van der Waals surface area contributed by atoms with E-state index in [0.29, 0.717) is 16.9 Å². The number of hydrogen-bond donors (Lipinski definition) is 2. The number of para-hydroxylation sites is 1. The Labute approximate surface area is 156 Å². The fourth-order valence-corrected chi connectivity index (χ4v) is 2.41. The van der Waals surface area contributed by atoms with Crippen molar-refractivity contribution in [2.75, 3.05) is 10.6 Å². The number of hydrogen-bond acceptors (Lipinski definition) is 4. The number of carbonyl (C=O) groups excluding carboxylic acids is 2. The van der Waals surface area contributed by atoms with E-state index in [4.69, 9.17) is 5.26 Å². The minimum atomic E-state index is -0.449. The molecule has 3 rings (SSSR count). The van der Waals surface area contributed by atoms with E-state index in [2.05, 4.69) is 15.6 Å². The largest absolute Gasteiger partial charge is 0.322 e. The van der Waals surface area contributed by atoms with Crippen molar-refractivity contribution >= 4 is 23.2 Å². The summed E-state index contributed by atoms with van der Waals surface area (Å²) in [6, 6.07) is 17.6. The average molecular weight is 356 g/mol. The molecule has 0 spiro atoms. The van der Waals surface area contributed by atoms with E-state index >= 15 is 0 Å². The van der Waals surface area contributed by atoms with Gasteiger partial charge in [-0.1, -0.05) is 29.8 Å². The molecule has 3 aromatic rings. The lowest BCUT2D eigenvalue weighted by atomic mass is 10.1. The Kier molecular flexibility index (Phi) is 5.24. The van der Waals surface area contributed by atoms with Crippen LogP contribution in [0.3, 0.4) is 0 Å². The third-order valence-electron chi connectivity index (χ3n) is 3.87. The molecule has 6 nitrogen and oxygen atoms in total. The monoisotopic (exact) mass is 356 g/mol. The fraction of sp³-hybridized carbons (Fsp3) is 0.0476. The van der Waals surface area contributed by atoms with E-state index in [-0.39, 0.29) is 17.0 Å². The molecule has 2 aromatic carbocycles. The highest BCUT2D eigenvalue weighted by Crippen LogP contribution is 2.16. The summed E-state index contributed by atoms with van der Waals surface area (Å²) >= 11 is 0. The number of anilines is 2. The highest BCUT2D eigenvalue weighted by atomic mass is 16.2. The number of nitrogens with one attached hydrogen (secondary N) is 2. The van der Waals surface area contributed by atoms with Crippen LogP contribution in [-0.4, -0.2) is 16.8 Å². The van der Waals surface area contributed by atoms with Crippen LogP contribution in [0.5, 0.6) is 0 Å². The summed E-state index contributed by atoms with van der Waals surface area (Å²) in [4.78, 5) is 28.8. The van der Waals surface area contributed by atoms with E-state index in [1.54, 1.807) is 36.4 Å². The molecule has 0 aliphatic rings. The molecule has 0 aliphatic heterocycles. The van der Waals surface area contributed by atoms with Crippen molar-refractivity contribution in [1.29, 1.82) is 5.26 Å². The second-order valence-electron chi connectivity index (χ2n) is 5.89. The molecule has 0 atom stereocenters. The van der Waals surface area contributed by atoms with Crippen molar-refractivity contribution in [3.05, 3.63) is 89.2 Å². The van der Waals surface area contributed by atoms with Crippen molar-refractivity contribution in [1.82, 2.24) is 4.98 Å². The van der Waals surface area contributed by atoms with Gasteiger partial charge in [0, 0.05) is 18.1 Å². The number of carbonyl (C=O) groups is 2. The molecule has 6 heteroatoms. The van der Waals surface area contributed by atoms with Gasteiger partial charge >= 0.3 is 0 Å². The van der Waals surface area contributed by atoms with E-state index < -0.39 is 5.91 Å². The zero-order valence-corrected chi connectivity index (χ0v) is 14.6. The molecule has 0 saturated heterocycles. The molecule has 27 heavy (non-hydrogen) atoms. The van der Waals surface area contributed by atoms with Gasteiger partial charge in [0.15, 0.2) is 0 Å². The zero-order valence-electron chi connectivity index (χ0n) is 14.6. The highest BCUT2D eigenvalue weighted by molar-refractivity contribution is 6.08. The van der Waals surface area contributed by atoms with Gasteiger partial charge in [0.05, 0.1) is 22.4 Å². The van der Waals surface area contributed by atoms with Crippen LogP contribution in [0.4, 0.5) is 11.4 Å². The number of nitriles is 1.